The highest BCUT2D eigenvalue weighted by Crippen LogP contribution is 2.23. The van der Waals surface area contributed by atoms with E-state index in [1.807, 2.05) is 18.2 Å². The molecule has 0 radical (unpaired) electrons. The van der Waals surface area contributed by atoms with Crippen molar-refractivity contribution in [2.75, 3.05) is 31.6 Å². The fourth-order valence-electron chi connectivity index (χ4n) is 2.85. The number of esters is 1. The third-order valence-corrected chi connectivity index (χ3v) is 3.90. The van der Waals surface area contributed by atoms with E-state index >= 15 is 0 Å². The number of carbonyl (C=O) groups is 1. The fraction of sp³-hybridized carbons (Fsp3) is 0.571. The van der Waals surface area contributed by atoms with Crippen molar-refractivity contribution in [1.29, 1.82) is 0 Å². The molecule has 5 heteroatoms. The summed E-state index contributed by atoms with van der Waals surface area (Å²) in [5.74, 6) is 1.45. The van der Waals surface area contributed by atoms with Gasteiger partial charge in [-0.15, -0.1) is 0 Å². The Bertz CT molecular complexity index is 438. The van der Waals surface area contributed by atoms with Gasteiger partial charge in [0.2, 0.25) is 0 Å². The van der Waals surface area contributed by atoms with E-state index in [1.54, 1.807) is 6.20 Å². The second-order valence-electron chi connectivity index (χ2n) is 5.22. The van der Waals surface area contributed by atoms with Gasteiger partial charge in [0.05, 0.1) is 6.61 Å². The molecule has 2 atom stereocenters. The van der Waals surface area contributed by atoms with Gasteiger partial charge in [0.25, 0.3) is 0 Å². The molecule has 2 aliphatic rings. The molecule has 102 valence electrons. The number of pyridine rings is 1. The number of cyclic esters (lactones) is 1. The molecule has 5 nitrogen and oxygen atoms in total. The summed E-state index contributed by atoms with van der Waals surface area (Å²) in [7, 11) is 0. The van der Waals surface area contributed by atoms with Gasteiger partial charge in [0.15, 0.2) is 0 Å². The number of rotatable bonds is 4. The van der Waals surface area contributed by atoms with Crippen LogP contribution in [-0.2, 0) is 9.53 Å². The summed E-state index contributed by atoms with van der Waals surface area (Å²) in [6, 6.07) is 5.86. The Morgan fingerprint density at radius 1 is 1.42 bits per heavy atom. The van der Waals surface area contributed by atoms with E-state index in [0.29, 0.717) is 12.5 Å². The molecule has 3 rings (SSSR count). The zero-order valence-electron chi connectivity index (χ0n) is 10.9. The van der Waals surface area contributed by atoms with Gasteiger partial charge in [-0.05, 0) is 31.0 Å². The third-order valence-electron chi connectivity index (χ3n) is 3.90. The zero-order valence-corrected chi connectivity index (χ0v) is 10.9. The van der Waals surface area contributed by atoms with Crippen LogP contribution in [-0.4, -0.2) is 48.1 Å². The van der Waals surface area contributed by atoms with Crippen LogP contribution in [0.25, 0.3) is 0 Å². The van der Waals surface area contributed by atoms with Crippen molar-refractivity contribution in [3.63, 3.8) is 0 Å². The monoisotopic (exact) mass is 261 g/mol. The minimum Gasteiger partial charge on any atom is -0.464 e. The first-order chi connectivity index (χ1) is 9.33. The van der Waals surface area contributed by atoms with Crippen molar-refractivity contribution < 1.29 is 9.53 Å². The van der Waals surface area contributed by atoms with Crippen molar-refractivity contribution in [2.45, 2.75) is 18.9 Å². The highest BCUT2D eigenvalue weighted by atomic mass is 16.5. The molecular formula is C14H19N3O2. The van der Waals surface area contributed by atoms with Gasteiger partial charge in [-0.2, -0.15) is 0 Å². The Balaban J connectivity index is 1.48. The minimum atomic E-state index is -0.0432. The van der Waals surface area contributed by atoms with Gasteiger partial charge >= 0.3 is 5.97 Å². The first-order valence-electron chi connectivity index (χ1n) is 6.88. The van der Waals surface area contributed by atoms with E-state index in [1.165, 1.54) is 0 Å². The summed E-state index contributed by atoms with van der Waals surface area (Å²) in [4.78, 5) is 18.1. The molecule has 0 unspecified atom stereocenters. The second-order valence-corrected chi connectivity index (χ2v) is 5.22. The summed E-state index contributed by atoms with van der Waals surface area (Å²) >= 11 is 0. The molecule has 0 bridgehead atoms. The van der Waals surface area contributed by atoms with Gasteiger partial charge in [0, 0.05) is 25.7 Å². The van der Waals surface area contributed by atoms with Crippen molar-refractivity contribution in [3.05, 3.63) is 24.4 Å². The normalized spacial score (nSPS) is 27.5. The topological polar surface area (TPSA) is 54.5 Å². The average Bonchev–Trinajstić information content (AvgIpc) is 3.06. The Kier molecular flexibility index (Phi) is 3.64. The number of anilines is 1. The Hall–Kier alpha value is -1.62. The van der Waals surface area contributed by atoms with E-state index in [2.05, 4.69) is 15.2 Å². The van der Waals surface area contributed by atoms with Crippen LogP contribution in [0.15, 0.2) is 24.4 Å². The number of carbonyl (C=O) groups excluding carboxylic acids is 1. The maximum Gasteiger partial charge on any atom is 0.323 e. The molecule has 1 aromatic rings. The maximum absolute atomic E-state index is 11.6. The lowest BCUT2D eigenvalue weighted by atomic mass is 10.1. The molecule has 19 heavy (non-hydrogen) atoms. The summed E-state index contributed by atoms with van der Waals surface area (Å²) < 4.78 is 5.04. The standard InChI is InChI=1S/C14H19N3O2/c18-14-12(5-8-19-14)17-7-4-11(10-17)9-16-13-3-1-2-6-15-13/h1-3,6,11-12H,4-5,7-10H2,(H,15,16)/t11-,12-/m1/s1. The lowest BCUT2D eigenvalue weighted by Crippen LogP contribution is -2.37. The van der Waals surface area contributed by atoms with Gasteiger partial charge in [-0.3, -0.25) is 9.69 Å². The first-order valence-corrected chi connectivity index (χ1v) is 6.88. The summed E-state index contributed by atoms with van der Waals surface area (Å²) in [6.07, 6.45) is 3.76. The molecule has 0 saturated carbocycles. The molecule has 1 aromatic heterocycles. The van der Waals surface area contributed by atoms with Crippen LogP contribution in [0.5, 0.6) is 0 Å². The average molecular weight is 261 g/mol. The van der Waals surface area contributed by atoms with Crippen LogP contribution in [0.3, 0.4) is 0 Å². The van der Waals surface area contributed by atoms with Crippen LogP contribution < -0.4 is 5.32 Å². The number of aromatic nitrogens is 1. The lowest BCUT2D eigenvalue weighted by molar-refractivity contribution is -0.142. The smallest absolute Gasteiger partial charge is 0.323 e. The van der Waals surface area contributed by atoms with Crippen LogP contribution in [0.2, 0.25) is 0 Å². The summed E-state index contributed by atoms with van der Waals surface area (Å²) in [5.41, 5.74) is 0. The van der Waals surface area contributed by atoms with Crippen LogP contribution in [0, 0.1) is 5.92 Å². The highest BCUT2D eigenvalue weighted by molar-refractivity contribution is 5.77. The van der Waals surface area contributed by atoms with Gasteiger partial charge in [-0.1, -0.05) is 6.07 Å². The van der Waals surface area contributed by atoms with E-state index in [4.69, 9.17) is 4.74 Å². The Morgan fingerprint density at radius 3 is 3.11 bits per heavy atom. The van der Waals surface area contributed by atoms with Gasteiger partial charge < -0.3 is 10.1 Å². The Morgan fingerprint density at radius 2 is 2.37 bits per heavy atom. The molecule has 3 heterocycles. The minimum absolute atomic E-state index is 0.000139. The van der Waals surface area contributed by atoms with Gasteiger partial charge in [0.1, 0.15) is 11.9 Å². The number of ether oxygens (including phenoxy) is 1. The lowest BCUT2D eigenvalue weighted by Gasteiger charge is -2.20. The van der Waals surface area contributed by atoms with Gasteiger partial charge in [-0.25, -0.2) is 4.98 Å². The van der Waals surface area contributed by atoms with E-state index < -0.39 is 0 Å². The largest absolute Gasteiger partial charge is 0.464 e. The fourth-order valence-corrected chi connectivity index (χ4v) is 2.85. The van der Waals surface area contributed by atoms with E-state index in [0.717, 1.165) is 38.3 Å². The maximum atomic E-state index is 11.6. The molecular weight excluding hydrogens is 242 g/mol. The number of hydrogen-bond acceptors (Lipinski definition) is 5. The molecule has 0 amide bonds. The van der Waals surface area contributed by atoms with Crippen LogP contribution >= 0.6 is 0 Å². The van der Waals surface area contributed by atoms with Crippen LogP contribution in [0.4, 0.5) is 5.82 Å². The predicted molar refractivity (Wildman–Crippen MR) is 71.8 cm³/mol. The summed E-state index contributed by atoms with van der Waals surface area (Å²) in [5, 5.41) is 3.35. The second kappa shape index (κ2) is 5.57. The van der Waals surface area contributed by atoms with Crippen molar-refractivity contribution in [1.82, 2.24) is 9.88 Å². The molecule has 0 spiro atoms. The molecule has 0 aliphatic carbocycles. The highest BCUT2D eigenvalue weighted by Gasteiger charge is 2.36. The molecule has 0 aromatic carbocycles. The summed E-state index contributed by atoms with van der Waals surface area (Å²) in [6.45, 7) is 3.46. The molecule has 2 fully saturated rings. The number of hydrogen-bond donors (Lipinski definition) is 1. The van der Waals surface area contributed by atoms with E-state index in [9.17, 15) is 4.79 Å². The number of nitrogens with zero attached hydrogens (tertiary/aromatic N) is 2. The number of nitrogens with one attached hydrogen (secondary N) is 1. The van der Waals surface area contributed by atoms with Crippen molar-refractivity contribution >= 4 is 11.8 Å². The van der Waals surface area contributed by atoms with E-state index in [-0.39, 0.29) is 12.0 Å². The SMILES string of the molecule is O=C1OCC[C@H]1N1CC[C@H](CNc2ccccn2)C1. The quantitative estimate of drug-likeness (QED) is 0.823. The first kappa shape index (κ1) is 12.4. The molecule has 2 saturated heterocycles. The van der Waals surface area contributed by atoms with Crippen molar-refractivity contribution in [3.8, 4) is 0 Å². The zero-order chi connectivity index (χ0) is 13.1. The predicted octanol–water partition coefficient (Wildman–Crippen LogP) is 1.13. The molecule has 1 N–H and O–H groups in total. The molecule has 2 aliphatic heterocycles. The Labute approximate surface area is 113 Å². The van der Waals surface area contributed by atoms with Crippen molar-refractivity contribution in [2.24, 2.45) is 5.92 Å². The number of likely N-dealkylation sites (tertiary alicyclic amines) is 1. The third kappa shape index (κ3) is 2.87. The van der Waals surface area contributed by atoms with Crippen LogP contribution in [0.1, 0.15) is 12.8 Å².